The van der Waals surface area contributed by atoms with Gasteiger partial charge in [-0.25, -0.2) is 21.9 Å². The molecule has 140 valence electrons. The van der Waals surface area contributed by atoms with E-state index in [2.05, 4.69) is 15.0 Å². The summed E-state index contributed by atoms with van der Waals surface area (Å²) in [5.74, 6) is -0.565. The first kappa shape index (κ1) is 18.5. The van der Waals surface area contributed by atoms with Gasteiger partial charge in [-0.3, -0.25) is 9.78 Å². The van der Waals surface area contributed by atoms with Gasteiger partial charge in [0.05, 0.1) is 0 Å². The molecular formula is C16H18F2N4O3S. The van der Waals surface area contributed by atoms with Gasteiger partial charge in [-0.15, -0.1) is 0 Å². The summed E-state index contributed by atoms with van der Waals surface area (Å²) in [7, 11) is -2.14. The monoisotopic (exact) mass is 384 g/mol. The molecule has 3 heterocycles. The molecule has 1 amide bonds. The van der Waals surface area contributed by atoms with Gasteiger partial charge in [-0.1, -0.05) is 0 Å². The Morgan fingerprint density at radius 1 is 1.46 bits per heavy atom. The number of carbonyl (C=O) groups is 1. The largest absolute Gasteiger partial charge is 0.345 e. The Morgan fingerprint density at radius 3 is 2.88 bits per heavy atom. The second kappa shape index (κ2) is 6.76. The third-order valence-corrected chi connectivity index (χ3v) is 5.84. The van der Waals surface area contributed by atoms with Crippen LogP contribution in [0, 0.1) is 0 Å². The number of halogens is 2. The Labute approximate surface area is 149 Å². The number of rotatable bonds is 3. The third kappa shape index (κ3) is 3.47. The van der Waals surface area contributed by atoms with Gasteiger partial charge >= 0.3 is 0 Å². The Morgan fingerprint density at radius 2 is 2.19 bits per heavy atom. The Bertz CT molecular complexity index is 956. The second-order valence-corrected chi connectivity index (χ2v) is 7.90. The fourth-order valence-corrected chi connectivity index (χ4v) is 4.60. The Kier molecular flexibility index (Phi) is 4.80. The first-order valence-corrected chi connectivity index (χ1v) is 9.43. The second-order valence-electron chi connectivity index (χ2n) is 6.22. The van der Waals surface area contributed by atoms with Crippen molar-refractivity contribution in [3.05, 3.63) is 41.5 Å². The van der Waals surface area contributed by atoms with Crippen molar-refractivity contribution < 1.29 is 22.0 Å². The summed E-state index contributed by atoms with van der Waals surface area (Å²) in [4.78, 5) is 16.3. The molecule has 0 saturated carbocycles. The Hall–Kier alpha value is -2.33. The first-order valence-electron chi connectivity index (χ1n) is 7.95. The molecule has 0 bridgehead atoms. The van der Waals surface area contributed by atoms with Crippen LogP contribution in [0.5, 0.6) is 0 Å². The van der Waals surface area contributed by atoms with Crippen LogP contribution < -0.4 is 10.0 Å². The molecule has 0 fully saturated rings. The maximum absolute atomic E-state index is 12.8. The zero-order chi connectivity index (χ0) is 19.1. The SMILES string of the molecule is C[C@H]1CCc2c(cn(C)c2C(=O)Nc2ccnc(C(F)F)c2)S(=O)(=O)N1. The highest BCUT2D eigenvalue weighted by molar-refractivity contribution is 7.89. The molecule has 1 aliphatic heterocycles. The van der Waals surface area contributed by atoms with Crippen molar-refractivity contribution in [1.29, 1.82) is 0 Å². The number of hydrogen-bond donors (Lipinski definition) is 2. The van der Waals surface area contributed by atoms with Crippen molar-refractivity contribution in [2.24, 2.45) is 7.05 Å². The maximum Gasteiger partial charge on any atom is 0.280 e. The number of fused-ring (bicyclic) bond motifs is 1. The summed E-state index contributed by atoms with van der Waals surface area (Å²) < 4.78 is 54.4. The van der Waals surface area contributed by atoms with E-state index in [0.717, 1.165) is 6.07 Å². The highest BCUT2D eigenvalue weighted by atomic mass is 32.2. The number of alkyl halides is 2. The molecule has 0 unspecified atom stereocenters. The number of sulfonamides is 1. The van der Waals surface area contributed by atoms with Crippen LogP contribution >= 0.6 is 0 Å². The van der Waals surface area contributed by atoms with Crippen molar-refractivity contribution in [3.8, 4) is 0 Å². The smallest absolute Gasteiger partial charge is 0.280 e. The van der Waals surface area contributed by atoms with Crippen LogP contribution in [-0.2, 0) is 23.5 Å². The van der Waals surface area contributed by atoms with E-state index in [0.29, 0.717) is 18.4 Å². The highest BCUT2D eigenvalue weighted by Crippen LogP contribution is 2.28. The van der Waals surface area contributed by atoms with Crippen molar-refractivity contribution in [2.45, 2.75) is 37.1 Å². The summed E-state index contributed by atoms with van der Waals surface area (Å²) in [6.07, 6.45) is 0.767. The molecule has 0 saturated heterocycles. The zero-order valence-corrected chi connectivity index (χ0v) is 15.0. The van der Waals surface area contributed by atoms with Crippen LogP contribution in [0.1, 0.15) is 41.5 Å². The fraction of sp³-hybridized carbons (Fsp3) is 0.375. The molecule has 0 spiro atoms. The van der Waals surface area contributed by atoms with Crippen LogP contribution in [0.4, 0.5) is 14.5 Å². The van der Waals surface area contributed by atoms with Gasteiger partial charge in [0.1, 0.15) is 16.3 Å². The number of nitrogens with one attached hydrogen (secondary N) is 2. The highest BCUT2D eigenvalue weighted by Gasteiger charge is 2.31. The standard InChI is InChI=1S/C16H18F2N4O3S/c1-9-3-4-11-13(26(24,25)21-9)8-22(2)14(11)16(23)20-10-5-6-19-12(7-10)15(17)18/h5-9,15,21H,3-4H2,1-2H3,(H,19,20,23)/t9-/m0/s1. The average Bonchev–Trinajstić information content (AvgIpc) is 2.85. The molecule has 2 aromatic heterocycles. The Balaban J connectivity index is 1.97. The zero-order valence-electron chi connectivity index (χ0n) is 14.2. The molecule has 10 heteroatoms. The molecule has 26 heavy (non-hydrogen) atoms. The van der Waals surface area contributed by atoms with Crippen LogP contribution in [0.3, 0.4) is 0 Å². The number of nitrogens with zero attached hydrogens (tertiary/aromatic N) is 2. The quantitative estimate of drug-likeness (QED) is 0.849. The molecule has 1 aliphatic rings. The van der Waals surface area contributed by atoms with E-state index in [-0.39, 0.29) is 22.3 Å². The topological polar surface area (TPSA) is 93.1 Å². The minimum absolute atomic E-state index is 0.0671. The van der Waals surface area contributed by atoms with E-state index in [1.807, 2.05) is 0 Å². The summed E-state index contributed by atoms with van der Waals surface area (Å²) in [5, 5.41) is 2.54. The lowest BCUT2D eigenvalue weighted by molar-refractivity contribution is 0.101. The first-order chi connectivity index (χ1) is 12.2. The molecule has 0 aliphatic carbocycles. The third-order valence-electron chi connectivity index (χ3n) is 4.20. The summed E-state index contributed by atoms with van der Waals surface area (Å²) >= 11 is 0. The molecule has 2 aromatic rings. The average molecular weight is 384 g/mol. The van der Waals surface area contributed by atoms with E-state index in [1.165, 1.54) is 23.0 Å². The lowest BCUT2D eigenvalue weighted by atomic mass is 10.1. The number of anilines is 1. The van der Waals surface area contributed by atoms with Gasteiger partial charge in [0.25, 0.3) is 12.3 Å². The number of hydrogen-bond acceptors (Lipinski definition) is 4. The molecule has 2 N–H and O–H groups in total. The minimum Gasteiger partial charge on any atom is -0.345 e. The predicted molar refractivity (Wildman–Crippen MR) is 90.7 cm³/mol. The number of carbonyl (C=O) groups excluding carboxylic acids is 1. The normalized spacial score (nSPS) is 19.0. The minimum atomic E-state index is -3.71. The van der Waals surface area contributed by atoms with Gasteiger partial charge in [-0.2, -0.15) is 0 Å². The van der Waals surface area contributed by atoms with Crippen LogP contribution in [0.15, 0.2) is 29.4 Å². The fourth-order valence-electron chi connectivity index (χ4n) is 3.00. The van der Waals surface area contributed by atoms with Crippen LogP contribution in [0.2, 0.25) is 0 Å². The van der Waals surface area contributed by atoms with E-state index in [9.17, 15) is 22.0 Å². The number of pyridine rings is 1. The number of aromatic nitrogens is 2. The lowest BCUT2D eigenvalue weighted by Crippen LogP contribution is -2.30. The number of aryl methyl sites for hydroxylation is 1. The summed E-state index contributed by atoms with van der Waals surface area (Å²) in [6.45, 7) is 1.76. The van der Waals surface area contributed by atoms with Crippen LogP contribution in [-0.4, -0.2) is 29.9 Å². The summed E-state index contributed by atoms with van der Waals surface area (Å²) in [5.41, 5.74) is 0.326. The van der Waals surface area contributed by atoms with Crippen molar-refractivity contribution >= 4 is 21.6 Å². The molecule has 3 rings (SSSR count). The van der Waals surface area contributed by atoms with E-state index >= 15 is 0 Å². The maximum atomic E-state index is 12.8. The van der Waals surface area contributed by atoms with Crippen molar-refractivity contribution in [3.63, 3.8) is 0 Å². The van der Waals surface area contributed by atoms with Gasteiger partial charge in [0.2, 0.25) is 10.0 Å². The predicted octanol–water partition coefficient (Wildman–Crippen LogP) is 2.22. The van der Waals surface area contributed by atoms with Gasteiger partial charge < -0.3 is 9.88 Å². The molecule has 1 atom stereocenters. The molecular weight excluding hydrogens is 366 g/mol. The van der Waals surface area contributed by atoms with E-state index < -0.39 is 28.0 Å². The molecule has 0 aromatic carbocycles. The summed E-state index contributed by atoms with van der Waals surface area (Å²) in [6, 6.07) is 2.23. The van der Waals surface area contributed by atoms with E-state index in [1.54, 1.807) is 14.0 Å². The van der Waals surface area contributed by atoms with Crippen molar-refractivity contribution in [1.82, 2.24) is 14.3 Å². The van der Waals surface area contributed by atoms with E-state index in [4.69, 9.17) is 0 Å². The van der Waals surface area contributed by atoms with Crippen molar-refractivity contribution in [2.75, 3.05) is 5.32 Å². The van der Waals surface area contributed by atoms with Gasteiger partial charge in [0.15, 0.2) is 0 Å². The lowest BCUT2D eigenvalue weighted by Gasteiger charge is -2.10. The number of amides is 1. The molecule has 0 radical (unpaired) electrons. The van der Waals surface area contributed by atoms with Gasteiger partial charge in [-0.05, 0) is 31.9 Å². The van der Waals surface area contributed by atoms with Gasteiger partial charge in [0, 0.05) is 36.7 Å². The van der Waals surface area contributed by atoms with Crippen LogP contribution in [0.25, 0.3) is 0 Å². The molecule has 7 nitrogen and oxygen atoms in total.